The van der Waals surface area contributed by atoms with Crippen molar-refractivity contribution in [3.63, 3.8) is 0 Å². The molecule has 1 aromatic heterocycles. The van der Waals surface area contributed by atoms with Gasteiger partial charge in [0.2, 0.25) is 0 Å². The lowest BCUT2D eigenvalue weighted by atomic mass is 10.1. The lowest BCUT2D eigenvalue weighted by molar-refractivity contribution is 0.100. The summed E-state index contributed by atoms with van der Waals surface area (Å²) < 4.78 is 13.6. The molecular formula is C9H6BrFN2O. The third-order valence-electron chi connectivity index (χ3n) is 2.00. The van der Waals surface area contributed by atoms with Gasteiger partial charge in [-0.25, -0.2) is 4.39 Å². The summed E-state index contributed by atoms with van der Waals surface area (Å²) in [5.74, 6) is -1.14. The minimum atomic E-state index is -0.649. The number of carbonyl (C=O) groups is 1. The van der Waals surface area contributed by atoms with E-state index in [4.69, 9.17) is 5.73 Å². The highest BCUT2D eigenvalue weighted by Crippen LogP contribution is 2.28. The second-order valence-electron chi connectivity index (χ2n) is 2.85. The molecule has 14 heavy (non-hydrogen) atoms. The summed E-state index contributed by atoms with van der Waals surface area (Å²) in [6.45, 7) is 0. The van der Waals surface area contributed by atoms with Gasteiger partial charge in [0.25, 0.3) is 5.91 Å². The quantitative estimate of drug-likeness (QED) is 0.808. The number of halogens is 2. The largest absolute Gasteiger partial charge is 0.366 e. The average Bonchev–Trinajstić information content (AvgIpc) is 2.59. The van der Waals surface area contributed by atoms with Crippen LogP contribution < -0.4 is 5.73 Å². The van der Waals surface area contributed by atoms with Crippen LogP contribution in [0.3, 0.4) is 0 Å². The van der Waals surface area contributed by atoms with Crippen LogP contribution in [0, 0.1) is 5.82 Å². The Morgan fingerprint density at radius 1 is 1.57 bits per heavy atom. The predicted octanol–water partition coefficient (Wildman–Crippen LogP) is 2.17. The maximum Gasteiger partial charge on any atom is 0.250 e. The maximum absolute atomic E-state index is 13.3. The number of aromatic nitrogens is 1. The second kappa shape index (κ2) is 3.09. The van der Waals surface area contributed by atoms with Gasteiger partial charge in [0.05, 0.1) is 15.6 Å². The van der Waals surface area contributed by atoms with E-state index in [9.17, 15) is 9.18 Å². The van der Waals surface area contributed by atoms with Gasteiger partial charge in [-0.3, -0.25) is 4.79 Å². The molecule has 0 aliphatic carbocycles. The van der Waals surface area contributed by atoms with Gasteiger partial charge in [0, 0.05) is 11.6 Å². The highest BCUT2D eigenvalue weighted by Gasteiger charge is 2.13. The summed E-state index contributed by atoms with van der Waals surface area (Å²) in [4.78, 5) is 13.8. The van der Waals surface area contributed by atoms with Crippen LogP contribution in [0.2, 0.25) is 0 Å². The molecule has 2 rings (SSSR count). The molecule has 0 saturated carbocycles. The second-order valence-corrected chi connectivity index (χ2v) is 3.64. The lowest BCUT2D eigenvalue weighted by Gasteiger charge is -2.01. The fraction of sp³-hybridized carbons (Fsp3) is 0. The molecule has 72 valence electrons. The molecule has 0 atom stereocenters. The molecular weight excluding hydrogens is 251 g/mol. The van der Waals surface area contributed by atoms with Gasteiger partial charge in [0.15, 0.2) is 0 Å². The highest BCUT2D eigenvalue weighted by molar-refractivity contribution is 9.10. The zero-order valence-electron chi connectivity index (χ0n) is 6.97. The van der Waals surface area contributed by atoms with Gasteiger partial charge in [-0.15, -0.1) is 0 Å². The summed E-state index contributed by atoms with van der Waals surface area (Å²) in [5, 5.41) is 0.610. The number of amides is 1. The SMILES string of the molecule is NC(=O)c1cc(F)c(Br)c2cc[nH]c12. The van der Waals surface area contributed by atoms with Crippen molar-refractivity contribution in [3.05, 3.63) is 34.2 Å². The van der Waals surface area contributed by atoms with Gasteiger partial charge in [-0.2, -0.15) is 0 Å². The first-order chi connectivity index (χ1) is 6.61. The van der Waals surface area contributed by atoms with Crippen LogP contribution in [-0.4, -0.2) is 10.9 Å². The van der Waals surface area contributed by atoms with Crippen molar-refractivity contribution in [3.8, 4) is 0 Å². The van der Waals surface area contributed by atoms with Gasteiger partial charge < -0.3 is 10.7 Å². The Hall–Kier alpha value is -1.36. The molecule has 5 heteroatoms. The molecule has 3 nitrogen and oxygen atoms in total. The zero-order valence-corrected chi connectivity index (χ0v) is 8.56. The number of hydrogen-bond acceptors (Lipinski definition) is 1. The standard InChI is InChI=1S/C9H6BrFN2O/c10-7-4-1-2-13-8(4)5(9(12)14)3-6(7)11/h1-3,13H,(H2,12,14). The van der Waals surface area contributed by atoms with E-state index in [0.717, 1.165) is 6.07 Å². The smallest absolute Gasteiger partial charge is 0.250 e. The Kier molecular flexibility index (Phi) is 2.03. The topological polar surface area (TPSA) is 58.9 Å². The van der Waals surface area contributed by atoms with Crippen LogP contribution >= 0.6 is 15.9 Å². The lowest BCUT2D eigenvalue weighted by Crippen LogP contribution is -2.12. The van der Waals surface area contributed by atoms with Crippen LogP contribution in [0.1, 0.15) is 10.4 Å². The Morgan fingerprint density at radius 3 is 2.93 bits per heavy atom. The van der Waals surface area contributed by atoms with Crippen molar-refractivity contribution in [2.45, 2.75) is 0 Å². The number of carbonyl (C=O) groups excluding carboxylic acids is 1. The van der Waals surface area contributed by atoms with E-state index >= 15 is 0 Å². The van der Waals surface area contributed by atoms with Crippen molar-refractivity contribution >= 4 is 32.7 Å². The first-order valence-electron chi connectivity index (χ1n) is 3.86. The fourth-order valence-corrected chi connectivity index (χ4v) is 1.81. The number of benzene rings is 1. The van der Waals surface area contributed by atoms with Crippen LogP contribution in [0.4, 0.5) is 4.39 Å². The van der Waals surface area contributed by atoms with Gasteiger partial charge >= 0.3 is 0 Å². The minimum absolute atomic E-state index is 0.158. The fourth-order valence-electron chi connectivity index (χ4n) is 1.36. The molecule has 0 unspecified atom stereocenters. The van der Waals surface area contributed by atoms with Crippen LogP contribution in [0.5, 0.6) is 0 Å². The predicted molar refractivity (Wildman–Crippen MR) is 54.5 cm³/mol. The number of aromatic amines is 1. The number of hydrogen-bond donors (Lipinski definition) is 2. The number of rotatable bonds is 1. The Morgan fingerprint density at radius 2 is 2.29 bits per heavy atom. The summed E-state index contributed by atoms with van der Waals surface area (Å²) in [7, 11) is 0. The molecule has 3 N–H and O–H groups in total. The van der Waals surface area contributed by atoms with E-state index < -0.39 is 11.7 Å². The van der Waals surface area contributed by atoms with Gasteiger partial charge in [-0.1, -0.05) is 0 Å². The number of H-pyrrole nitrogens is 1. The molecule has 0 aliphatic heterocycles. The Bertz CT molecular complexity index is 521. The van der Waals surface area contributed by atoms with E-state index in [1.54, 1.807) is 12.3 Å². The van der Waals surface area contributed by atoms with Crippen molar-refractivity contribution < 1.29 is 9.18 Å². The third-order valence-corrected chi connectivity index (χ3v) is 2.80. The molecule has 0 radical (unpaired) electrons. The molecule has 1 aromatic carbocycles. The molecule has 1 heterocycles. The molecule has 0 bridgehead atoms. The van der Waals surface area contributed by atoms with Gasteiger partial charge in [-0.05, 0) is 28.1 Å². The summed E-state index contributed by atoms with van der Waals surface area (Å²) in [5.41, 5.74) is 5.82. The van der Waals surface area contributed by atoms with E-state index in [1.165, 1.54) is 0 Å². The number of primary amides is 1. The van der Waals surface area contributed by atoms with Crippen LogP contribution in [0.25, 0.3) is 10.9 Å². The van der Waals surface area contributed by atoms with E-state index in [2.05, 4.69) is 20.9 Å². The molecule has 0 spiro atoms. The van der Waals surface area contributed by atoms with Crippen LogP contribution in [0.15, 0.2) is 22.8 Å². The van der Waals surface area contributed by atoms with Crippen molar-refractivity contribution in [2.24, 2.45) is 5.73 Å². The normalized spacial score (nSPS) is 10.7. The number of fused-ring (bicyclic) bond motifs is 1. The molecule has 0 saturated heterocycles. The Balaban J connectivity index is 2.91. The van der Waals surface area contributed by atoms with Crippen LogP contribution in [-0.2, 0) is 0 Å². The third kappa shape index (κ3) is 1.21. The van der Waals surface area contributed by atoms with E-state index in [1.807, 2.05) is 0 Å². The van der Waals surface area contributed by atoms with Gasteiger partial charge in [0.1, 0.15) is 5.82 Å². The van der Waals surface area contributed by atoms with Crippen molar-refractivity contribution in [1.82, 2.24) is 4.98 Å². The molecule has 0 aliphatic rings. The monoisotopic (exact) mass is 256 g/mol. The van der Waals surface area contributed by atoms with Crippen molar-refractivity contribution in [1.29, 1.82) is 0 Å². The molecule has 0 fully saturated rings. The highest BCUT2D eigenvalue weighted by atomic mass is 79.9. The first kappa shape index (κ1) is 9.21. The number of nitrogens with two attached hydrogens (primary N) is 1. The van der Waals surface area contributed by atoms with E-state index in [-0.39, 0.29) is 5.56 Å². The summed E-state index contributed by atoms with van der Waals surface area (Å²) >= 11 is 3.10. The van der Waals surface area contributed by atoms with Crippen molar-refractivity contribution in [2.75, 3.05) is 0 Å². The van der Waals surface area contributed by atoms with E-state index in [0.29, 0.717) is 15.4 Å². The molecule has 2 aromatic rings. The maximum atomic E-state index is 13.3. The minimum Gasteiger partial charge on any atom is -0.366 e. The zero-order chi connectivity index (χ0) is 10.3. The summed E-state index contributed by atoms with van der Waals surface area (Å²) in [6.07, 6.45) is 1.63. The number of nitrogens with one attached hydrogen (secondary N) is 1. The Labute approximate surface area is 87.2 Å². The summed E-state index contributed by atoms with van der Waals surface area (Å²) in [6, 6.07) is 2.79. The molecule has 1 amide bonds. The average molecular weight is 257 g/mol. The first-order valence-corrected chi connectivity index (χ1v) is 4.65.